The van der Waals surface area contributed by atoms with Gasteiger partial charge < -0.3 is 103 Å². The second-order valence-corrected chi connectivity index (χ2v) is 17.6. The Morgan fingerprint density at radius 3 is 1.35 bits per heavy atom. The summed E-state index contributed by atoms with van der Waals surface area (Å²) in [5.74, 6) is -11.8. The van der Waals surface area contributed by atoms with Crippen molar-refractivity contribution in [1.29, 1.82) is 0 Å². The van der Waals surface area contributed by atoms with E-state index in [1.165, 1.54) is 20.8 Å². The van der Waals surface area contributed by atoms with E-state index in [1.54, 1.807) is 0 Å². The van der Waals surface area contributed by atoms with Gasteiger partial charge in [0.05, 0.1) is 24.8 Å². The Balaban J connectivity index is 6.43. The van der Waals surface area contributed by atoms with Gasteiger partial charge in [-0.3, -0.25) is 57.9 Å². The van der Waals surface area contributed by atoms with Crippen LogP contribution < -0.4 is 88.0 Å². The number of nitrogens with zero attached hydrogens (tertiary/aromatic N) is 2. The number of aliphatic hydroxyl groups excluding tert-OH is 2. The van der Waals surface area contributed by atoms with E-state index < -0.39 is 151 Å². The second kappa shape index (κ2) is 35.9. The van der Waals surface area contributed by atoms with E-state index in [-0.39, 0.29) is 75.8 Å². The van der Waals surface area contributed by atoms with Crippen LogP contribution in [-0.4, -0.2) is 191 Å². The topological polar surface area (TPSA) is 564 Å². The maximum Gasteiger partial charge on any atom is 0.327 e. The highest BCUT2D eigenvalue weighted by Gasteiger charge is 2.36. The van der Waals surface area contributed by atoms with Crippen molar-refractivity contribution in [2.24, 2.45) is 50.1 Å². The van der Waals surface area contributed by atoms with Gasteiger partial charge in [-0.25, -0.2) is 4.79 Å². The van der Waals surface area contributed by atoms with Gasteiger partial charge in [0, 0.05) is 25.3 Å². The highest BCUT2D eigenvalue weighted by molar-refractivity contribution is 7.80. The molecule has 32 nitrogen and oxygen atoms in total. The van der Waals surface area contributed by atoms with Crippen LogP contribution in [-0.2, 0) is 52.7 Å². The van der Waals surface area contributed by atoms with Crippen LogP contribution in [0.15, 0.2) is 9.98 Å². The Morgan fingerprint density at radius 2 is 0.920 bits per heavy atom. The first-order valence-corrected chi connectivity index (χ1v) is 24.4. The lowest BCUT2D eigenvalue weighted by Gasteiger charge is -2.29. The van der Waals surface area contributed by atoms with E-state index in [0.717, 1.165) is 6.92 Å². The summed E-state index contributed by atoms with van der Waals surface area (Å²) < 4.78 is 0. The maximum absolute atomic E-state index is 14.0. The van der Waals surface area contributed by atoms with E-state index >= 15 is 0 Å². The minimum absolute atomic E-state index is 0.0184. The quantitative estimate of drug-likeness (QED) is 0.0119. The Hall–Kier alpha value is -7.10. The van der Waals surface area contributed by atoms with Gasteiger partial charge in [-0.1, -0.05) is 0 Å². The van der Waals surface area contributed by atoms with Gasteiger partial charge in [-0.15, -0.1) is 0 Å². The smallest absolute Gasteiger partial charge is 0.327 e. The average molecular weight is 1090 g/mol. The highest BCUT2D eigenvalue weighted by Crippen LogP contribution is 2.09. The lowest BCUT2D eigenvalue weighted by Crippen LogP contribution is -2.62. The number of amides is 10. The molecule has 0 aliphatic rings. The summed E-state index contributed by atoms with van der Waals surface area (Å²) in [4.78, 5) is 151. The first kappa shape index (κ1) is 67.9. The molecule has 0 aromatic rings. The average Bonchev–Trinajstić information content (AvgIpc) is 3.32. The number of carboxylic acid groups (broad SMARTS) is 1. The minimum atomic E-state index is -1.84. The second-order valence-electron chi connectivity index (χ2n) is 17.3. The van der Waals surface area contributed by atoms with Gasteiger partial charge in [0.2, 0.25) is 59.1 Å². The number of carbonyl (C=O) groups is 11. The van der Waals surface area contributed by atoms with E-state index in [1.807, 2.05) is 0 Å². The number of hydrogen-bond donors (Lipinski definition) is 20. The number of thiol groups is 1. The molecule has 0 bridgehead atoms. The molecule has 0 unspecified atom stereocenters. The van der Waals surface area contributed by atoms with Gasteiger partial charge in [-0.2, -0.15) is 12.6 Å². The summed E-state index contributed by atoms with van der Waals surface area (Å²) in [7, 11) is 0. The zero-order chi connectivity index (χ0) is 57.5. The molecule has 0 fully saturated rings. The summed E-state index contributed by atoms with van der Waals surface area (Å²) in [5, 5.41) is 51.6. The lowest BCUT2D eigenvalue weighted by molar-refractivity contribution is -0.141. The summed E-state index contributed by atoms with van der Waals surface area (Å²) in [5.41, 5.74) is 38.1. The van der Waals surface area contributed by atoms with Crippen molar-refractivity contribution in [1.82, 2.24) is 47.9 Å². The number of aliphatic hydroxyl groups is 2. The Labute approximate surface area is 438 Å². The van der Waals surface area contributed by atoms with Crippen molar-refractivity contribution in [3.8, 4) is 0 Å². The number of nitrogens with two attached hydrogens (primary N) is 7. The molecule has 0 saturated carbocycles. The van der Waals surface area contributed by atoms with Gasteiger partial charge in [0.1, 0.15) is 48.3 Å². The van der Waals surface area contributed by atoms with Crippen LogP contribution in [0.4, 0.5) is 0 Å². The van der Waals surface area contributed by atoms with Crippen LogP contribution in [0.5, 0.6) is 0 Å². The number of carboxylic acids is 1. The Morgan fingerprint density at radius 1 is 0.507 bits per heavy atom. The highest BCUT2D eigenvalue weighted by atomic mass is 32.1. The molecular weight excluding hydrogens is 1010 g/mol. The molecule has 0 aromatic carbocycles. The number of hydrogen-bond acceptors (Lipinski definition) is 18. The van der Waals surface area contributed by atoms with E-state index in [4.69, 9.17) is 40.1 Å². The molecule has 26 N–H and O–H groups in total. The molecule has 0 aliphatic heterocycles. The van der Waals surface area contributed by atoms with Crippen LogP contribution >= 0.6 is 12.6 Å². The summed E-state index contributed by atoms with van der Waals surface area (Å²) >= 11 is 3.86. The molecule has 0 aliphatic carbocycles. The van der Waals surface area contributed by atoms with Gasteiger partial charge >= 0.3 is 5.97 Å². The molecule has 33 heteroatoms. The van der Waals surface area contributed by atoms with Crippen molar-refractivity contribution in [3.63, 3.8) is 0 Å². The van der Waals surface area contributed by atoms with Crippen molar-refractivity contribution in [3.05, 3.63) is 0 Å². The molecule has 0 saturated heterocycles. The Bertz CT molecular complexity index is 2000. The van der Waals surface area contributed by atoms with E-state index in [0.29, 0.717) is 6.42 Å². The van der Waals surface area contributed by atoms with E-state index in [2.05, 4.69) is 70.5 Å². The number of unbranched alkanes of at least 4 members (excludes halogenated alkanes) is 1. The van der Waals surface area contributed by atoms with Crippen LogP contribution in [0.1, 0.15) is 85.5 Å². The Kier molecular flexibility index (Phi) is 32.5. The molecule has 426 valence electrons. The molecule has 0 radical (unpaired) electrons. The summed E-state index contributed by atoms with van der Waals surface area (Å²) in [6.45, 7) is 4.40. The zero-order valence-electron chi connectivity index (χ0n) is 42.5. The van der Waals surface area contributed by atoms with Gasteiger partial charge in [0.15, 0.2) is 11.9 Å². The molecular formula is C42H78N18O14S. The monoisotopic (exact) mass is 1090 g/mol. The summed E-state index contributed by atoms with van der Waals surface area (Å²) in [6, 6.07) is -13.3. The third kappa shape index (κ3) is 28.2. The van der Waals surface area contributed by atoms with Crippen LogP contribution in [0.25, 0.3) is 0 Å². The zero-order valence-corrected chi connectivity index (χ0v) is 43.4. The predicted molar refractivity (Wildman–Crippen MR) is 274 cm³/mol. The molecule has 0 aromatic heterocycles. The third-order valence-electron chi connectivity index (χ3n) is 10.6. The fraction of sp³-hybridized carbons (Fsp3) is 0.690. The predicted octanol–water partition coefficient (Wildman–Crippen LogP) is -9.37. The molecule has 11 atom stereocenters. The van der Waals surface area contributed by atoms with Crippen LogP contribution in [0.2, 0.25) is 0 Å². The number of aliphatic carboxylic acids is 1. The molecule has 0 spiro atoms. The van der Waals surface area contributed by atoms with Crippen molar-refractivity contribution >= 4 is 89.6 Å². The number of guanidine groups is 2. The standard InChI is InChI=1S/C42H78N18O14S/c1-19(44)32(65)55-25(11-8-16-51-42(48)49)36(69)60-31(22(4)62)39(72)58-24(9-5-6-14-43)35(68)57-26(12-13-28(45)63)37(70)59-30(21(3)61)38(71)53-20(2)33(66)56-23(10-7-15-50-41(46)47)34(67)52-17-29(64)54-27(18-75)40(73)74/h19-27,30-31,61-62,75H,5-18,43-44H2,1-4H3,(H2,45,63)(H,52,67)(H,53,71)(H,54,64)(H,55,65)(H,56,66)(H,57,68)(H,58,72)(H,59,70)(H,60,69)(H,73,74)(H4,46,47,50)(H4,48,49,51)/t19-,20-,21+,22+,23-,24-,25-,26-,27-,30-,31-/m0/s1. The fourth-order valence-electron chi connectivity index (χ4n) is 6.40. The minimum Gasteiger partial charge on any atom is -0.480 e. The number of carbonyl (C=O) groups excluding carboxylic acids is 10. The van der Waals surface area contributed by atoms with Crippen molar-refractivity contribution < 1.29 is 68.1 Å². The van der Waals surface area contributed by atoms with Crippen molar-refractivity contribution in [2.45, 2.75) is 152 Å². The molecule has 0 rings (SSSR count). The SMILES string of the molecule is C[C@H](N)C(=O)N[C@@H](CCCN=C(N)N)C(=O)N[C@H](C(=O)N[C@@H](CCCCN)C(=O)N[C@@H](CCC(N)=O)C(=O)N[C@H](C(=O)N[C@@H](C)C(=O)N[C@@H](CCCN=C(N)N)C(=O)NCC(=O)N[C@@H](CS)C(=O)O)[C@@H](C)O)[C@@H](C)O. The number of rotatable bonds is 37. The lowest BCUT2D eigenvalue weighted by atomic mass is 10.0. The van der Waals surface area contributed by atoms with E-state index in [9.17, 15) is 68.1 Å². The third-order valence-corrected chi connectivity index (χ3v) is 10.9. The number of nitrogens with one attached hydrogen (secondary N) is 9. The summed E-state index contributed by atoms with van der Waals surface area (Å²) in [6.07, 6.45) is -3.62. The maximum atomic E-state index is 14.0. The molecule has 0 heterocycles. The number of aliphatic imine (C=N–C) groups is 2. The van der Waals surface area contributed by atoms with Gasteiger partial charge in [0.25, 0.3) is 0 Å². The first-order chi connectivity index (χ1) is 35.1. The van der Waals surface area contributed by atoms with Crippen molar-refractivity contribution in [2.75, 3.05) is 31.9 Å². The number of primary amides is 1. The largest absolute Gasteiger partial charge is 0.480 e. The molecule has 75 heavy (non-hydrogen) atoms. The van der Waals surface area contributed by atoms with Gasteiger partial charge in [-0.05, 0) is 85.6 Å². The van der Waals surface area contributed by atoms with Crippen LogP contribution in [0, 0.1) is 0 Å². The first-order valence-electron chi connectivity index (χ1n) is 23.8. The van der Waals surface area contributed by atoms with Crippen LogP contribution in [0.3, 0.4) is 0 Å². The fourth-order valence-corrected chi connectivity index (χ4v) is 6.65. The molecule has 10 amide bonds. The normalized spacial score (nSPS) is 15.3.